The van der Waals surface area contributed by atoms with E-state index in [2.05, 4.69) is 37.5 Å². The highest BCUT2D eigenvalue weighted by Gasteiger charge is 2.30. The molecule has 0 saturated carbocycles. The van der Waals surface area contributed by atoms with Crippen LogP contribution in [0.15, 0.2) is 54.9 Å². The van der Waals surface area contributed by atoms with E-state index in [4.69, 9.17) is 4.74 Å². The van der Waals surface area contributed by atoms with Crippen LogP contribution in [0.2, 0.25) is 0 Å². The van der Waals surface area contributed by atoms with Crippen molar-refractivity contribution < 1.29 is 17.9 Å². The summed E-state index contributed by atoms with van der Waals surface area (Å²) in [4.78, 5) is 12.7. The van der Waals surface area contributed by atoms with E-state index >= 15 is 0 Å². The van der Waals surface area contributed by atoms with Gasteiger partial charge in [-0.3, -0.25) is 0 Å². The largest absolute Gasteiger partial charge is 0.437 e. The number of hydrogen-bond donors (Lipinski definition) is 0. The lowest BCUT2D eigenvalue weighted by Crippen LogP contribution is -2.04. The molecular weight excluding hydrogens is 490 g/mol. The summed E-state index contributed by atoms with van der Waals surface area (Å²) in [6.45, 7) is 0. The fraction of sp³-hybridized carbons (Fsp3) is 0.0556. The third-order valence-electron chi connectivity index (χ3n) is 3.72. The number of benzene rings is 2. The molecule has 0 aliphatic heterocycles. The molecule has 0 bridgehead atoms. The Kier molecular flexibility index (Phi) is 4.72. The number of alkyl halides is 3. The number of ether oxygens (including phenoxy) is 1. The van der Waals surface area contributed by atoms with Gasteiger partial charge in [-0.05, 0) is 46.9 Å². The predicted octanol–water partition coefficient (Wildman–Crippen LogP) is 6.17. The zero-order valence-corrected chi connectivity index (χ0v) is 16.3. The van der Waals surface area contributed by atoms with Crippen LogP contribution in [0.3, 0.4) is 0 Å². The first-order valence-corrected chi connectivity index (χ1v) is 9.52. The highest BCUT2D eigenvalue weighted by atomic mass is 127. The minimum atomic E-state index is -4.37. The second-order valence-electron chi connectivity index (χ2n) is 5.49. The van der Waals surface area contributed by atoms with Gasteiger partial charge < -0.3 is 4.74 Å². The summed E-state index contributed by atoms with van der Waals surface area (Å²) < 4.78 is 45.9. The van der Waals surface area contributed by atoms with Gasteiger partial charge in [0.05, 0.1) is 16.0 Å². The molecular formula is C18H9F3IN3OS. The fourth-order valence-corrected chi connectivity index (χ4v) is 4.14. The molecule has 4 nitrogen and oxygen atoms in total. The summed E-state index contributed by atoms with van der Waals surface area (Å²) in [6.07, 6.45) is -3.06. The predicted molar refractivity (Wildman–Crippen MR) is 105 cm³/mol. The highest BCUT2D eigenvalue weighted by molar-refractivity contribution is 14.1. The van der Waals surface area contributed by atoms with Crippen molar-refractivity contribution in [2.75, 3.05) is 0 Å². The van der Waals surface area contributed by atoms with Crippen molar-refractivity contribution >= 4 is 44.1 Å². The average Bonchev–Trinajstić information content (AvgIpc) is 3.03. The zero-order chi connectivity index (χ0) is 19.0. The smallest absolute Gasteiger partial charge is 0.416 e. The molecule has 4 aromatic rings. The molecule has 0 aliphatic carbocycles. The van der Waals surface area contributed by atoms with Gasteiger partial charge >= 0.3 is 6.18 Å². The molecule has 9 heteroatoms. The van der Waals surface area contributed by atoms with Gasteiger partial charge in [0.1, 0.15) is 11.8 Å². The Labute approximate surface area is 169 Å². The molecule has 2 aromatic carbocycles. The minimum absolute atomic E-state index is 0.287. The third kappa shape index (κ3) is 3.88. The summed E-state index contributed by atoms with van der Waals surface area (Å²) in [6, 6.07) is 12.0. The lowest BCUT2D eigenvalue weighted by atomic mass is 10.1. The highest BCUT2D eigenvalue weighted by Crippen LogP contribution is 2.34. The number of para-hydroxylation sites is 1. The molecule has 0 radical (unpaired) electrons. The van der Waals surface area contributed by atoms with Gasteiger partial charge in [0.15, 0.2) is 8.76 Å². The van der Waals surface area contributed by atoms with Gasteiger partial charge in [-0.2, -0.15) is 13.2 Å². The summed E-state index contributed by atoms with van der Waals surface area (Å²) in [7, 11) is 0. The normalized spacial score (nSPS) is 11.7. The molecule has 0 fully saturated rings. The molecule has 0 spiro atoms. The molecule has 2 aromatic heterocycles. The lowest BCUT2D eigenvalue weighted by Gasteiger charge is -2.09. The molecule has 0 N–H and O–H groups in total. The Balaban J connectivity index is 1.64. The fourth-order valence-electron chi connectivity index (χ4n) is 2.47. The monoisotopic (exact) mass is 499 g/mol. The van der Waals surface area contributed by atoms with Crippen molar-refractivity contribution in [3.63, 3.8) is 0 Å². The van der Waals surface area contributed by atoms with Gasteiger partial charge in [-0.15, -0.1) is 11.3 Å². The van der Waals surface area contributed by atoms with Crippen molar-refractivity contribution in [1.29, 1.82) is 0 Å². The van der Waals surface area contributed by atoms with Gasteiger partial charge in [-0.25, -0.2) is 15.0 Å². The van der Waals surface area contributed by atoms with Gasteiger partial charge in [0.2, 0.25) is 5.88 Å². The molecule has 0 unspecified atom stereocenters. The molecule has 0 atom stereocenters. The molecule has 27 heavy (non-hydrogen) atoms. The van der Waals surface area contributed by atoms with E-state index in [1.54, 1.807) is 23.5 Å². The van der Waals surface area contributed by atoms with Crippen molar-refractivity contribution in [2.45, 2.75) is 6.18 Å². The number of halogens is 4. The zero-order valence-electron chi connectivity index (χ0n) is 13.4. The number of thiazole rings is 1. The van der Waals surface area contributed by atoms with E-state index in [0.717, 1.165) is 25.4 Å². The Morgan fingerprint density at radius 3 is 2.52 bits per heavy atom. The van der Waals surface area contributed by atoms with Crippen LogP contribution in [-0.4, -0.2) is 15.0 Å². The topological polar surface area (TPSA) is 47.9 Å². The Morgan fingerprint density at radius 2 is 1.78 bits per heavy atom. The van der Waals surface area contributed by atoms with Gasteiger partial charge in [0.25, 0.3) is 0 Å². The Hall–Kier alpha value is -2.27. The number of aromatic nitrogens is 3. The first kappa shape index (κ1) is 18.1. The van der Waals surface area contributed by atoms with Crippen molar-refractivity contribution in [3.8, 4) is 22.9 Å². The van der Waals surface area contributed by atoms with Crippen molar-refractivity contribution in [1.82, 2.24) is 15.0 Å². The number of rotatable bonds is 3. The van der Waals surface area contributed by atoms with E-state index in [9.17, 15) is 13.2 Å². The lowest BCUT2D eigenvalue weighted by molar-refractivity contribution is -0.137. The van der Waals surface area contributed by atoms with E-state index in [0.29, 0.717) is 17.0 Å². The van der Waals surface area contributed by atoms with Crippen LogP contribution in [-0.2, 0) is 6.18 Å². The molecule has 0 saturated heterocycles. The van der Waals surface area contributed by atoms with Crippen LogP contribution in [0.5, 0.6) is 11.6 Å². The van der Waals surface area contributed by atoms with Crippen LogP contribution in [0, 0.1) is 3.01 Å². The van der Waals surface area contributed by atoms with Crippen molar-refractivity contribution in [3.05, 3.63) is 63.4 Å². The van der Waals surface area contributed by atoms with E-state index < -0.39 is 11.7 Å². The summed E-state index contributed by atoms with van der Waals surface area (Å²) in [5.41, 5.74) is 1.04. The molecule has 0 amide bonds. The van der Waals surface area contributed by atoms with E-state index in [1.165, 1.54) is 18.5 Å². The summed E-state index contributed by atoms with van der Waals surface area (Å²) in [5, 5.41) is 0. The number of nitrogens with zero attached hydrogens (tertiary/aromatic N) is 3. The molecule has 2 heterocycles. The van der Waals surface area contributed by atoms with Gasteiger partial charge in [0, 0.05) is 11.6 Å². The van der Waals surface area contributed by atoms with Crippen LogP contribution >= 0.6 is 33.9 Å². The maximum Gasteiger partial charge on any atom is 0.416 e. The van der Waals surface area contributed by atoms with Crippen LogP contribution in [0.1, 0.15) is 5.56 Å². The first-order chi connectivity index (χ1) is 12.9. The SMILES string of the molecule is FC(F)(F)c1ccc(-c2cc(Oc3cccc4sc(I)nc34)ncn2)cc1. The Morgan fingerprint density at radius 1 is 1.00 bits per heavy atom. The minimum Gasteiger partial charge on any atom is -0.437 e. The van der Waals surface area contributed by atoms with E-state index in [-0.39, 0.29) is 5.88 Å². The third-order valence-corrected chi connectivity index (χ3v) is 5.43. The first-order valence-electron chi connectivity index (χ1n) is 7.63. The average molecular weight is 499 g/mol. The van der Waals surface area contributed by atoms with Gasteiger partial charge in [-0.1, -0.05) is 18.2 Å². The number of hydrogen-bond acceptors (Lipinski definition) is 5. The van der Waals surface area contributed by atoms with Crippen LogP contribution in [0.4, 0.5) is 13.2 Å². The standard InChI is InChI=1S/C18H9F3IN3OS/c19-18(20,21)11-6-4-10(5-7-11)12-8-15(24-9-23-12)26-13-2-1-3-14-16(13)25-17(22)27-14/h1-9H. The molecule has 136 valence electrons. The molecule has 0 aliphatic rings. The van der Waals surface area contributed by atoms with Crippen LogP contribution < -0.4 is 4.74 Å². The quantitative estimate of drug-likeness (QED) is 0.317. The Bertz CT molecular complexity index is 1110. The maximum absolute atomic E-state index is 12.7. The summed E-state index contributed by atoms with van der Waals surface area (Å²) in [5.74, 6) is 0.846. The second kappa shape index (κ2) is 7.04. The van der Waals surface area contributed by atoms with E-state index in [1.807, 2.05) is 12.1 Å². The van der Waals surface area contributed by atoms with Crippen molar-refractivity contribution in [2.24, 2.45) is 0 Å². The summed E-state index contributed by atoms with van der Waals surface area (Å²) >= 11 is 3.70. The van der Waals surface area contributed by atoms with Crippen LogP contribution in [0.25, 0.3) is 21.5 Å². The number of fused-ring (bicyclic) bond motifs is 1. The molecule has 4 rings (SSSR count). The maximum atomic E-state index is 12.7. The second-order valence-corrected chi connectivity index (χ2v) is 8.27.